The van der Waals surface area contributed by atoms with Crippen LogP contribution in [0, 0.1) is 5.41 Å². The second kappa shape index (κ2) is 9.18. The molecule has 166 valence electrons. The van der Waals surface area contributed by atoms with Crippen molar-refractivity contribution in [2.75, 3.05) is 19.7 Å². The van der Waals surface area contributed by atoms with Crippen molar-refractivity contribution < 1.29 is 27.5 Å². The first kappa shape index (κ1) is 22.9. The van der Waals surface area contributed by atoms with Crippen molar-refractivity contribution in [3.63, 3.8) is 0 Å². The van der Waals surface area contributed by atoms with E-state index in [0.29, 0.717) is 23.6 Å². The summed E-state index contributed by atoms with van der Waals surface area (Å²) < 4.78 is 44.7. The van der Waals surface area contributed by atoms with Gasteiger partial charge in [0.05, 0.1) is 12.2 Å². The third kappa shape index (κ3) is 5.91. The van der Waals surface area contributed by atoms with Gasteiger partial charge in [0.1, 0.15) is 5.75 Å². The number of ether oxygens (including phenoxy) is 1. The number of halogens is 4. The fourth-order valence-corrected chi connectivity index (χ4v) is 3.83. The molecule has 5 nitrogen and oxygen atoms in total. The Labute approximate surface area is 182 Å². The number of carbonyl (C=O) groups excluding carboxylic acids is 2. The molecule has 2 amide bonds. The minimum Gasteiger partial charge on any atom is -0.493 e. The molecule has 0 unspecified atom stereocenters. The van der Waals surface area contributed by atoms with Gasteiger partial charge in [-0.1, -0.05) is 17.7 Å². The summed E-state index contributed by atoms with van der Waals surface area (Å²) in [5, 5.41) is 0.570. The van der Waals surface area contributed by atoms with Gasteiger partial charge in [0, 0.05) is 35.5 Å². The second-order valence-electron chi connectivity index (χ2n) is 7.76. The van der Waals surface area contributed by atoms with E-state index in [-0.39, 0.29) is 31.7 Å². The monoisotopic (exact) mass is 454 g/mol. The van der Waals surface area contributed by atoms with Crippen molar-refractivity contribution in [2.45, 2.75) is 25.4 Å². The second-order valence-corrected chi connectivity index (χ2v) is 8.19. The van der Waals surface area contributed by atoms with Gasteiger partial charge in [-0.25, -0.2) is 0 Å². The first-order valence-corrected chi connectivity index (χ1v) is 10.1. The number of piperidine rings is 1. The number of primary amides is 1. The van der Waals surface area contributed by atoms with Gasteiger partial charge >= 0.3 is 6.18 Å². The van der Waals surface area contributed by atoms with E-state index in [1.54, 1.807) is 24.3 Å². The lowest BCUT2D eigenvalue weighted by Gasteiger charge is -2.41. The summed E-state index contributed by atoms with van der Waals surface area (Å²) in [6, 6.07) is 11.2. The van der Waals surface area contributed by atoms with E-state index in [4.69, 9.17) is 22.1 Å². The molecule has 0 spiro atoms. The number of hydrogen-bond acceptors (Lipinski definition) is 3. The average Bonchev–Trinajstić information content (AvgIpc) is 2.72. The average molecular weight is 455 g/mol. The lowest BCUT2D eigenvalue weighted by molar-refractivity contribution is -0.137. The number of amides is 2. The lowest BCUT2D eigenvalue weighted by Crippen LogP contribution is -2.47. The van der Waals surface area contributed by atoms with Gasteiger partial charge in [0.2, 0.25) is 5.91 Å². The van der Waals surface area contributed by atoms with Gasteiger partial charge in [0.25, 0.3) is 5.91 Å². The molecule has 1 fully saturated rings. The minimum absolute atomic E-state index is 0.0189. The van der Waals surface area contributed by atoms with E-state index < -0.39 is 29.0 Å². The highest BCUT2D eigenvalue weighted by Crippen LogP contribution is 2.37. The maximum Gasteiger partial charge on any atom is 0.416 e. The maximum atomic E-state index is 13.0. The van der Waals surface area contributed by atoms with Crippen LogP contribution in [0.1, 0.15) is 35.2 Å². The molecular formula is C22H22ClF3N2O3. The van der Waals surface area contributed by atoms with Crippen LogP contribution in [0.2, 0.25) is 5.02 Å². The van der Waals surface area contributed by atoms with Gasteiger partial charge in [-0.15, -0.1) is 0 Å². The highest BCUT2D eigenvalue weighted by molar-refractivity contribution is 6.30. The highest BCUT2D eigenvalue weighted by atomic mass is 35.5. The van der Waals surface area contributed by atoms with Crippen LogP contribution in [0.5, 0.6) is 5.75 Å². The third-order valence-electron chi connectivity index (χ3n) is 5.46. The van der Waals surface area contributed by atoms with Gasteiger partial charge in [-0.2, -0.15) is 13.2 Å². The highest BCUT2D eigenvalue weighted by Gasteiger charge is 2.39. The van der Waals surface area contributed by atoms with E-state index in [2.05, 4.69) is 0 Å². The van der Waals surface area contributed by atoms with Crippen molar-refractivity contribution in [3.05, 3.63) is 64.7 Å². The predicted molar refractivity (Wildman–Crippen MR) is 110 cm³/mol. The zero-order valence-electron chi connectivity index (χ0n) is 16.6. The molecule has 1 saturated heterocycles. The fraction of sp³-hybridized carbons (Fsp3) is 0.364. The number of nitrogens with zero attached hydrogens (tertiary/aromatic N) is 1. The number of carbonyl (C=O) groups is 2. The summed E-state index contributed by atoms with van der Waals surface area (Å²) in [6.45, 7) is 0.793. The Hall–Kier alpha value is -2.74. The first-order valence-electron chi connectivity index (χ1n) is 9.71. The molecule has 0 radical (unpaired) electrons. The van der Waals surface area contributed by atoms with Crippen molar-refractivity contribution >= 4 is 23.4 Å². The van der Waals surface area contributed by atoms with Crippen LogP contribution in [0.3, 0.4) is 0 Å². The van der Waals surface area contributed by atoms with Crippen LogP contribution < -0.4 is 10.5 Å². The maximum absolute atomic E-state index is 13.0. The van der Waals surface area contributed by atoms with E-state index in [1.165, 1.54) is 17.0 Å². The molecule has 31 heavy (non-hydrogen) atoms. The predicted octanol–water partition coefficient (Wildman–Crippen LogP) is 4.54. The number of rotatable bonds is 6. The Morgan fingerprint density at radius 2 is 1.74 bits per heavy atom. The lowest BCUT2D eigenvalue weighted by atomic mass is 9.76. The van der Waals surface area contributed by atoms with Crippen LogP contribution in [0.25, 0.3) is 0 Å². The molecule has 0 bridgehead atoms. The Morgan fingerprint density at radius 1 is 1.10 bits per heavy atom. The molecule has 1 aliphatic heterocycles. The number of nitrogens with two attached hydrogens (primary N) is 1. The number of alkyl halides is 3. The molecule has 0 saturated carbocycles. The molecule has 0 atom stereocenters. The molecule has 0 aromatic heterocycles. The molecule has 3 rings (SSSR count). The van der Waals surface area contributed by atoms with Crippen molar-refractivity contribution in [1.29, 1.82) is 0 Å². The molecule has 1 aliphatic rings. The Bertz CT molecular complexity index is 940. The fourth-order valence-electron chi connectivity index (χ4n) is 3.70. The topological polar surface area (TPSA) is 72.6 Å². The summed E-state index contributed by atoms with van der Waals surface area (Å²) >= 11 is 5.87. The first-order chi connectivity index (χ1) is 14.6. The summed E-state index contributed by atoms with van der Waals surface area (Å²) in [5.41, 5.74) is 4.00. The summed E-state index contributed by atoms with van der Waals surface area (Å²) in [6.07, 6.45) is -3.55. The van der Waals surface area contributed by atoms with Crippen molar-refractivity contribution in [1.82, 2.24) is 4.90 Å². The quantitative estimate of drug-likeness (QED) is 0.696. The number of likely N-dealkylation sites (tertiary alicyclic amines) is 1. The van der Waals surface area contributed by atoms with Crippen LogP contribution in [0.4, 0.5) is 13.2 Å². The van der Waals surface area contributed by atoms with Crippen molar-refractivity contribution in [3.8, 4) is 5.75 Å². The van der Waals surface area contributed by atoms with E-state index in [1.807, 2.05) is 0 Å². The summed E-state index contributed by atoms with van der Waals surface area (Å²) in [5.74, 6) is -0.356. The normalized spacial score (nSPS) is 16.1. The minimum atomic E-state index is -4.52. The number of benzene rings is 2. The molecule has 2 N–H and O–H groups in total. The van der Waals surface area contributed by atoms with Crippen molar-refractivity contribution in [2.24, 2.45) is 11.1 Å². The standard InChI is InChI=1S/C22H22ClF3N2O3/c23-17-4-6-18(7-5-17)31-14-21(13-19(27)29)8-10-28(11-9-21)20(30)15-2-1-3-16(12-15)22(24,25)26/h1-7,12H,8-11,13-14H2,(H2,27,29). The van der Waals surface area contributed by atoms with Gasteiger partial charge in [0.15, 0.2) is 0 Å². The van der Waals surface area contributed by atoms with Crippen LogP contribution >= 0.6 is 11.6 Å². The smallest absolute Gasteiger partial charge is 0.416 e. The third-order valence-corrected chi connectivity index (χ3v) is 5.71. The van der Waals surface area contributed by atoms with Gasteiger partial charge in [-0.05, 0) is 55.3 Å². The SMILES string of the molecule is NC(=O)CC1(COc2ccc(Cl)cc2)CCN(C(=O)c2cccc(C(F)(F)F)c2)CC1. The largest absolute Gasteiger partial charge is 0.493 e. The van der Waals surface area contributed by atoms with Crippen LogP contribution in [-0.2, 0) is 11.0 Å². The van der Waals surface area contributed by atoms with E-state index in [0.717, 1.165) is 12.1 Å². The molecule has 1 heterocycles. The molecule has 9 heteroatoms. The molecule has 2 aromatic carbocycles. The summed E-state index contributed by atoms with van der Waals surface area (Å²) in [4.78, 5) is 25.9. The Kier molecular flexibility index (Phi) is 6.79. The van der Waals surface area contributed by atoms with Crippen LogP contribution in [0.15, 0.2) is 48.5 Å². The zero-order chi connectivity index (χ0) is 22.6. The molecule has 0 aliphatic carbocycles. The van der Waals surface area contributed by atoms with Gasteiger partial charge < -0.3 is 15.4 Å². The summed E-state index contributed by atoms with van der Waals surface area (Å²) in [7, 11) is 0. The zero-order valence-corrected chi connectivity index (χ0v) is 17.4. The molecule has 2 aromatic rings. The van der Waals surface area contributed by atoms with E-state index >= 15 is 0 Å². The Morgan fingerprint density at radius 3 is 2.32 bits per heavy atom. The van der Waals surface area contributed by atoms with Crippen LogP contribution in [-0.4, -0.2) is 36.4 Å². The van der Waals surface area contributed by atoms with Gasteiger partial charge in [-0.3, -0.25) is 9.59 Å². The molecular weight excluding hydrogens is 433 g/mol. The number of hydrogen-bond donors (Lipinski definition) is 1. The Balaban J connectivity index is 1.68. The van der Waals surface area contributed by atoms with E-state index in [9.17, 15) is 22.8 Å².